The Hall–Kier alpha value is -2.91. The number of carbonyl (C=O) groups excluding carboxylic acids is 2. The zero-order chi connectivity index (χ0) is 21.7. The molecule has 0 aromatic heterocycles. The molecule has 9 heteroatoms. The molecule has 1 aliphatic rings. The van der Waals surface area contributed by atoms with Crippen LogP contribution in [-0.2, 0) is 19.6 Å². The van der Waals surface area contributed by atoms with Gasteiger partial charge < -0.3 is 15.2 Å². The highest BCUT2D eigenvalue weighted by molar-refractivity contribution is 7.89. The summed E-state index contributed by atoms with van der Waals surface area (Å²) in [6.45, 7) is 2.14. The monoisotopic (exact) mass is 432 g/mol. The van der Waals surface area contributed by atoms with Gasteiger partial charge in [-0.25, -0.2) is 13.2 Å². The van der Waals surface area contributed by atoms with Crippen molar-refractivity contribution in [3.8, 4) is 5.75 Å². The summed E-state index contributed by atoms with van der Waals surface area (Å²) in [4.78, 5) is 24.3. The summed E-state index contributed by atoms with van der Waals surface area (Å²) in [5.74, 6) is -1.44. The number of hydrogen-bond acceptors (Lipinski definition) is 6. The van der Waals surface area contributed by atoms with Gasteiger partial charge in [0.15, 0.2) is 6.61 Å². The molecule has 2 N–H and O–H groups in total. The third kappa shape index (κ3) is 5.17. The Morgan fingerprint density at radius 2 is 1.83 bits per heavy atom. The average molecular weight is 432 g/mol. The van der Waals surface area contributed by atoms with E-state index in [1.54, 1.807) is 19.1 Å². The second-order valence-electron chi connectivity index (χ2n) is 7.12. The first-order valence-electron chi connectivity index (χ1n) is 9.64. The van der Waals surface area contributed by atoms with Gasteiger partial charge >= 0.3 is 5.97 Å². The highest BCUT2D eigenvalue weighted by Gasteiger charge is 2.27. The molecular formula is C21H24N2O6S. The molecule has 1 aliphatic heterocycles. The summed E-state index contributed by atoms with van der Waals surface area (Å²) in [5.41, 5.74) is 1.01. The molecule has 0 aliphatic carbocycles. The van der Waals surface area contributed by atoms with Crippen LogP contribution in [0.1, 0.15) is 35.2 Å². The Bertz CT molecular complexity index is 1050. The Kier molecular flexibility index (Phi) is 6.73. The van der Waals surface area contributed by atoms with Gasteiger partial charge in [-0.3, -0.25) is 4.79 Å². The van der Waals surface area contributed by atoms with E-state index in [1.165, 1.54) is 34.6 Å². The molecule has 1 amide bonds. The van der Waals surface area contributed by atoms with Crippen LogP contribution in [-0.4, -0.2) is 49.4 Å². The zero-order valence-electron chi connectivity index (χ0n) is 16.6. The average Bonchev–Trinajstić information content (AvgIpc) is 2.74. The number of piperidine rings is 1. The SMILES string of the molecule is Cc1ccc(NC(=O)COC(=O)c2cccc(O)c2)cc1S(=O)(=O)N1CCCCC1. The smallest absolute Gasteiger partial charge is 0.338 e. The number of phenols is 1. The van der Waals surface area contributed by atoms with Gasteiger partial charge in [-0.15, -0.1) is 0 Å². The predicted octanol–water partition coefficient (Wildman–Crippen LogP) is 2.67. The van der Waals surface area contributed by atoms with Crippen molar-refractivity contribution >= 4 is 27.6 Å². The van der Waals surface area contributed by atoms with E-state index in [0.29, 0.717) is 24.3 Å². The van der Waals surface area contributed by atoms with E-state index < -0.39 is 28.5 Å². The molecule has 0 saturated carbocycles. The summed E-state index contributed by atoms with van der Waals surface area (Å²) in [6, 6.07) is 10.2. The summed E-state index contributed by atoms with van der Waals surface area (Å²) in [6.07, 6.45) is 2.68. The van der Waals surface area contributed by atoms with Gasteiger partial charge in [0.25, 0.3) is 5.91 Å². The Morgan fingerprint density at radius 1 is 1.10 bits per heavy atom. The van der Waals surface area contributed by atoms with Crippen molar-refractivity contribution in [1.29, 1.82) is 0 Å². The Labute approximate surface area is 175 Å². The number of nitrogens with one attached hydrogen (secondary N) is 1. The van der Waals surface area contributed by atoms with E-state index in [1.807, 2.05) is 0 Å². The fraction of sp³-hybridized carbons (Fsp3) is 0.333. The van der Waals surface area contributed by atoms with Crippen LogP contribution in [0.2, 0.25) is 0 Å². The highest BCUT2D eigenvalue weighted by atomic mass is 32.2. The van der Waals surface area contributed by atoms with Crippen molar-refractivity contribution in [1.82, 2.24) is 4.31 Å². The first-order valence-corrected chi connectivity index (χ1v) is 11.1. The number of benzene rings is 2. The van der Waals surface area contributed by atoms with Crippen molar-refractivity contribution in [3.05, 3.63) is 53.6 Å². The van der Waals surface area contributed by atoms with Gasteiger partial charge in [0.05, 0.1) is 10.5 Å². The van der Waals surface area contributed by atoms with E-state index in [4.69, 9.17) is 4.74 Å². The number of nitrogens with zero attached hydrogens (tertiary/aromatic N) is 1. The summed E-state index contributed by atoms with van der Waals surface area (Å²) < 4.78 is 32.4. The van der Waals surface area contributed by atoms with Crippen LogP contribution in [0.4, 0.5) is 5.69 Å². The number of hydrogen-bond donors (Lipinski definition) is 2. The molecule has 0 atom stereocenters. The quantitative estimate of drug-likeness (QED) is 0.679. The molecule has 0 spiro atoms. The highest BCUT2D eigenvalue weighted by Crippen LogP contribution is 2.26. The fourth-order valence-electron chi connectivity index (χ4n) is 3.24. The van der Waals surface area contributed by atoms with Crippen molar-refractivity contribution in [2.75, 3.05) is 25.0 Å². The third-order valence-electron chi connectivity index (χ3n) is 4.82. The van der Waals surface area contributed by atoms with Crippen molar-refractivity contribution in [2.24, 2.45) is 0 Å². The van der Waals surface area contributed by atoms with Gasteiger partial charge in [0, 0.05) is 18.8 Å². The Morgan fingerprint density at radius 3 is 2.53 bits per heavy atom. The van der Waals surface area contributed by atoms with E-state index >= 15 is 0 Å². The molecule has 0 radical (unpaired) electrons. The largest absolute Gasteiger partial charge is 0.508 e. The zero-order valence-corrected chi connectivity index (χ0v) is 17.4. The predicted molar refractivity (Wildman–Crippen MR) is 111 cm³/mol. The second-order valence-corrected chi connectivity index (χ2v) is 9.03. The van der Waals surface area contributed by atoms with Crippen molar-refractivity contribution in [3.63, 3.8) is 0 Å². The lowest BCUT2D eigenvalue weighted by atomic mass is 10.2. The molecule has 1 heterocycles. The molecule has 0 unspecified atom stereocenters. The van der Waals surface area contributed by atoms with E-state index in [-0.39, 0.29) is 16.2 Å². The first-order chi connectivity index (χ1) is 14.3. The Balaban J connectivity index is 1.66. The van der Waals surface area contributed by atoms with Gasteiger partial charge in [-0.2, -0.15) is 4.31 Å². The normalized spacial score (nSPS) is 14.8. The van der Waals surface area contributed by atoms with Crippen LogP contribution < -0.4 is 5.32 Å². The van der Waals surface area contributed by atoms with Crippen LogP contribution in [0.5, 0.6) is 5.75 Å². The van der Waals surface area contributed by atoms with Gasteiger partial charge in [0.1, 0.15) is 5.75 Å². The first kappa shape index (κ1) is 21.8. The standard InChI is InChI=1S/C21H24N2O6S/c1-15-8-9-17(13-19(15)30(27,28)23-10-3-2-4-11-23)22-20(25)14-29-21(26)16-6-5-7-18(24)12-16/h5-9,12-13,24H,2-4,10-11,14H2,1H3,(H,22,25). The summed E-state index contributed by atoms with van der Waals surface area (Å²) in [7, 11) is -3.64. The number of ether oxygens (including phenoxy) is 1. The molecule has 0 bridgehead atoms. The van der Waals surface area contributed by atoms with Crippen molar-refractivity contribution in [2.45, 2.75) is 31.1 Å². The lowest BCUT2D eigenvalue weighted by Gasteiger charge is -2.26. The molecule has 2 aromatic carbocycles. The summed E-state index contributed by atoms with van der Waals surface area (Å²) in [5, 5.41) is 12.0. The minimum atomic E-state index is -3.64. The number of sulfonamides is 1. The van der Waals surface area contributed by atoms with Crippen LogP contribution in [0, 0.1) is 6.92 Å². The number of phenolic OH excluding ortho intramolecular Hbond substituents is 1. The summed E-state index contributed by atoms with van der Waals surface area (Å²) >= 11 is 0. The maximum Gasteiger partial charge on any atom is 0.338 e. The van der Waals surface area contributed by atoms with Crippen LogP contribution >= 0.6 is 0 Å². The van der Waals surface area contributed by atoms with Crippen LogP contribution in [0.15, 0.2) is 47.4 Å². The molecule has 2 aromatic rings. The van der Waals surface area contributed by atoms with Crippen LogP contribution in [0.3, 0.4) is 0 Å². The molecule has 3 rings (SSSR count). The number of aryl methyl sites for hydroxylation is 1. The minimum Gasteiger partial charge on any atom is -0.508 e. The number of carbonyl (C=O) groups is 2. The maximum atomic E-state index is 13.0. The fourth-order valence-corrected chi connectivity index (χ4v) is 5.01. The van der Waals surface area contributed by atoms with E-state index in [2.05, 4.69) is 5.32 Å². The number of anilines is 1. The van der Waals surface area contributed by atoms with E-state index in [9.17, 15) is 23.1 Å². The van der Waals surface area contributed by atoms with Gasteiger partial charge in [-0.05, 0) is 55.7 Å². The van der Waals surface area contributed by atoms with Crippen LogP contribution in [0.25, 0.3) is 0 Å². The topological polar surface area (TPSA) is 113 Å². The maximum absolute atomic E-state index is 13.0. The lowest BCUT2D eigenvalue weighted by Crippen LogP contribution is -2.36. The number of rotatable bonds is 6. The molecule has 30 heavy (non-hydrogen) atoms. The molecular weight excluding hydrogens is 408 g/mol. The number of amides is 1. The molecule has 1 saturated heterocycles. The molecule has 160 valence electrons. The third-order valence-corrected chi connectivity index (χ3v) is 6.86. The number of esters is 1. The van der Waals surface area contributed by atoms with Crippen molar-refractivity contribution < 1.29 is 27.9 Å². The van der Waals surface area contributed by atoms with Gasteiger partial charge in [-0.1, -0.05) is 18.6 Å². The minimum absolute atomic E-state index is 0.0870. The second kappa shape index (κ2) is 9.27. The number of aromatic hydroxyl groups is 1. The molecule has 1 fully saturated rings. The molecule has 8 nitrogen and oxygen atoms in total. The lowest BCUT2D eigenvalue weighted by molar-refractivity contribution is -0.119. The van der Waals surface area contributed by atoms with Gasteiger partial charge in [0.2, 0.25) is 10.0 Å². The van der Waals surface area contributed by atoms with E-state index in [0.717, 1.165) is 19.3 Å².